The third-order valence-electron chi connectivity index (χ3n) is 4.86. The van der Waals surface area contributed by atoms with E-state index >= 15 is 0 Å². The highest BCUT2D eigenvalue weighted by atomic mass is 16.3. The molecule has 0 spiro atoms. The third kappa shape index (κ3) is 3.02. The Kier molecular flexibility index (Phi) is 4.22. The van der Waals surface area contributed by atoms with Crippen molar-refractivity contribution in [3.05, 3.63) is 96.1 Å². The standard InChI is InChI=1S/C23H21NO/c24-23(22(25)14-16-8-2-1-3-9-16)21-15-17-10-4-5-11-18(17)19-12-6-7-13-20(19)21/h1-13,15,22-23,25H,14,24H2/t22-,23+/m0/s1. The Morgan fingerprint density at radius 3 is 2.08 bits per heavy atom. The van der Waals surface area contributed by atoms with Crippen molar-refractivity contribution in [3.63, 3.8) is 0 Å². The molecule has 0 saturated carbocycles. The van der Waals surface area contributed by atoms with Crippen LogP contribution in [0.2, 0.25) is 0 Å². The van der Waals surface area contributed by atoms with Crippen molar-refractivity contribution in [1.29, 1.82) is 0 Å². The van der Waals surface area contributed by atoms with Crippen molar-refractivity contribution < 1.29 is 5.11 Å². The highest BCUT2D eigenvalue weighted by Crippen LogP contribution is 2.32. The van der Waals surface area contributed by atoms with E-state index < -0.39 is 12.1 Å². The normalized spacial score (nSPS) is 13.8. The predicted molar refractivity (Wildman–Crippen MR) is 105 cm³/mol. The van der Waals surface area contributed by atoms with Gasteiger partial charge in [0.05, 0.1) is 12.1 Å². The largest absolute Gasteiger partial charge is 0.391 e. The first-order chi connectivity index (χ1) is 12.2. The zero-order valence-corrected chi connectivity index (χ0v) is 14.0. The van der Waals surface area contributed by atoms with E-state index in [2.05, 4.69) is 36.4 Å². The van der Waals surface area contributed by atoms with E-state index in [9.17, 15) is 5.11 Å². The molecule has 4 aromatic carbocycles. The SMILES string of the molecule is N[C@H](c1cc2ccccc2c2ccccc12)[C@@H](O)Cc1ccccc1. The fraction of sp³-hybridized carbons (Fsp3) is 0.130. The second-order valence-corrected chi connectivity index (χ2v) is 6.52. The summed E-state index contributed by atoms with van der Waals surface area (Å²) in [5.74, 6) is 0. The molecule has 0 aliphatic heterocycles. The molecule has 3 N–H and O–H groups in total. The van der Waals surface area contributed by atoms with Crippen LogP contribution in [0, 0.1) is 0 Å². The number of aliphatic hydroxyl groups excluding tert-OH is 1. The van der Waals surface area contributed by atoms with Crippen molar-refractivity contribution in [2.75, 3.05) is 0 Å². The van der Waals surface area contributed by atoms with Crippen molar-refractivity contribution >= 4 is 21.5 Å². The molecule has 0 radical (unpaired) electrons. The van der Waals surface area contributed by atoms with E-state index in [1.54, 1.807) is 0 Å². The molecule has 25 heavy (non-hydrogen) atoms. The van der Waals surface area contributed by atoms with Crippen LogP contribution in [-0.4, -0.2) is 11.2 Å². The quantitative estimate of drug-likeness (QED) is 0.538. The zero-order chi connectivity index (χ0) is 17.2. The number of hydrogen-bond donors (Lipinski definition) is 2. The second-order valence-electron chi connectivity index (χ2n) is 6.52. The Morgan fingerprint density at radius 1 is 0.720 bits per heavy atom. The number of fused-ring (bicyclic) bond motifs is 3. The average molecular weight is 327 g/mol. The fourth-order valence-corrected chi connectivity index (χ4v) is 3.55. The van der Waals surface area contributed by atoms with Gasteiger partial charge in [-0.05, 0) is 38.7 Å². The molecule has 4 rings (SSSR count). The molecule has 0 aromatic heterocycles. The summed E-state index contributed by atoms with van der Waals surface area (Å²) >= 11 is 0. The van der Waals surface area contributed by atoms with Gasteiger partial charge in [-0.3, -0.25) is 0 Å². The minimum atomic E-state index is -0.632. The molecule has 2 atom stereocenters. The minimum Gasteiger partial charge on any atom is -0.391 e. The van der Waals surface area contributed by atoms with Gasteiger partial charge in [0.1, 0.15) is 0 Å². The van der Waals surface area contributed by atoms with Gasteiger partial charge < -0.3 is 10.8 Å². The molecule has 0 aliphatic rings. The number of hydrogen-bond acceptors (Lipinski definition) is 2. The first-order valence-corrected chi connectivity index (χ1v) is 8.62. The summed E-state index contributed by atoms with van der Waals surface area (Å²) in [6, 6.07) is 28.3. The van der Waals surface area contributed by atoms with Crippen LogP contribution in [0.25, 0.3) is 21.5 Å². The van der Waals surface area contributed by atoms with Crippen molar-refractivity contribution in [2.45, 2.75) is 18.6 Å². The van der Waals surface area contributed by atoms with Crippen molar-refractivity contribution in [3.8, 4) is 0 Å². The molecular formula is C23H21NO. The van der Waals surface area contributed by atoms with Gasteiger partial charge in [-0.1, -0.05) is 78.9 Å². The highest BCUT2D eigenvalue weighted by molar-refractivity contribution is 6.09. The van der Waals surface area contributed by atoms with Gasteiger partial charge in [-0.25, -0.2) is 0 Å². The summed E-state index contributed by atoms with van der Waals surface area (Å²) in [4.78, 5) is 0. The molecule has 0 unspecified atom stereocenters. The molecule has 124 valence electrons. The smallest absolute Gasteiger partial charge is 0.0773 e. The monoisotopic (exact) mass is 327 g/mol. The van der Waals surface area contributed by atoms with E-state index in [1.165, 1.54) is 10.8 Å². The van der Waals surface area contributed by atoms with Crippen LogP contribution < -0.4 is 5.73 Å². The maximum absolute atomic E-state index is 10.7. The maximum atomic E-state index is 10.7. The Hall–Kier alpha value is -2.68. The van der Waals surface area contributed by atoms with Gasteiger partial charge in [-0.15, -0.1) is 0 Å². The predicted octanol–water partition coefficient (Wildman–Crippen LogP) is 4.60. The van der Waals surface area contributed by atoms with Gasteiger partial charge in [-0.2, -0.15) is 0 Å². The molecule has 0 saturated heterocycles. The lowest BCUT2D eigenvalue weighted by Crippen LogP contribution is -2.28. The Bertz CT molecular complexity index is 1010. The first-order valence-electron chi connectivity index (χ1n) is 8.62. The molecule has 0 amide bonds. The van der Waals surface area contributed by atoms with Gasteiger partial charge in [0, 0.05) is 6.42 Å². The number of aliphatic hydroxyl groups is 1. The fourth-order valence-electron chi connectivity index (χ4n) is 3.55. The second kappa shape index (κ2) is 6.67. The molecule has 2 nitrogen and oxygen atoms in total. The summed E-state index contributed by atoms with van der Waals surface area (Å²) < 4.78 is 0. The van der Waals surface area contributed by atoms with Crippen LogP contribution in [0.3, 0.4) is 0 Å². The van der Waals surface area contributed by atoms with Crippen LogP contribution in [0.4, 0.5) is 0 Å². The van der Waals surface area contributed by atoms with Crippen molar-refractivity contribution in [2.24, 2.45) is 5.73 Å². The van der Waals surface area contributed by atoms with Crippen LogP contribution in [-0.2, 0) is 6.42 Å². The molecule has 0 heterocycles. The molecule has 4 aromatic rings. The summed E-state index contributed by atoms with van der Waals surface area (Å²) in [6.45, 7) is 0. The van der Waals surface area contributed by atoms with Crippen LogP contribution in [0.5, 0.6) is 0 Å². The topological polar surface area (TPSA) is 46.2 Å². The Labute approximate surface area is 147 Å². The van der Waals surface area contributed by atoms with Crippen LogP contribution in [0.1, 0.15) is 17.2 Å². The summed E-state index contributed by atoms with van der Waals surface area (Å²) in [5, 5.41) is 15.4. The summed E-state index contributed by atoms with van der Waals surface area (Å²) in [5.41, 5.74) is 8.58. The lowest BCUT2D eigenvalue weighted by molar-refractivity contribution is 0.145. The molecule has 0 aliphatic carbocycles. The first kappa shape index (κ1) is 15.8. The van der Waals surface area contributed by atoms with E-state index in [0.717, 1.165) is 21.9 Å². The number of rotatable bonds is 4. The zero-order valence-electron chi connectivity index (χ0n) is 14.0. The lowest BCUT2D eigenvalue weighted by Gasteiger charge is -2.22. The lowest BCUT2D eigenvalue weighted by atomic mass is 9.90. The Balaban J connectivity index is 1.79. The minimum absolute atomic E-state index is 0.435. The third-order valence-corrected chi connectivity index (χ3v) is 4.86. The summed E-state index contributed by atoms with van der Waals surface area (Å²) in [6.07, 6.45) is -0.0876. The highest BCUT2D eigenvalue weighted by Gasteiger charge is 2.20. The molecule has 0 bridgehead atoms. The van der Waals surface area contributed by atoms with Gasteiger partial charge >= 0.3 is 0 Å². The van der Waals surface area contributed by atoms with Crippen LogP contribution in [0.15, 0.2) is 84.9 Å². The van der Waals surface area contributed by atoms with Crippen molar-refractivity contribution in [1.82, 2.24) is 0 Å². The summed E-state index contributed by atoms with van der Waals surface area (Å²) in [7, 11) is 0. The molecular weight excluding hydrogens is 306 g/mol. The number of benzene rings is 4. The molecule has 0 fully saturated rings. The molecule has 2 heteroatoms. The Morgan fingerprint density at radius 2 is 1.32 bits per heavy atom. The van der Waals surface area contributed by atoms with E-state index in [1.807, 2.05) is 48.5 Å². The number of nitrogens with two attached hydrogens (primary N) is 1. The maximum Gasteiger partial charge on any atom is 0.0773 e. The van der Waals surface area contributed by atoms with E-state index in [0.29, 0.717) is 6.42 Å². The van der Waals surface area contributed by atoms with Gasteiger partial charge in [0.15, 0.2) is 0 Å². The average Bonchev–Trinajstić information content (AvgIpc) is 2.67. The van der Waals surface area contributed by atoms with E-state index in [4.69, 9.17) is 5.73 Å². The van der Waals surface area contributed by atoms with E-state index in [-0.39, 0.29) is 0 Å². The van der Waals surface area contributed by atoms with Gasteiger partial charge in [0.25, 0.3) is 0 Å². The van der Waals surface area contributed by atoms with Crippen LogP contribution >= 0.6 is 0 Å². The van der Waals surface area contributed by atoms with Gasteiger partial charge in [0.2, 0.25) is 0 Å².